The molecule has 28 heavy (non-hydrogen) atoms. The molecule has 0 spiro atoms. The summed E-state index contributed by atoms with van der Waals surface area (Å²) < 4.78 is 12.1. The van der Waals surface area contributed by atoms with Crippen LogP contribution < -0.4 is 0 Å². The van der Waals surface area contributed by atoms with Gasteiger partial charge in [0, 0.05) is 22.3 Å². The molecule has 0 aliphatic heterocycles. The summed E-state index contributed by atoms with van der Waals surface area (Å²) in [5.41, 5.74) is 3.65. The maximum Gasteiger partial charge on any atom is 0.227 e. The monoisotopic (exact) mass is 364 g/mol. The maximum atomic E-state index is 6.03. The van der Waals surface area contributed by atoms with Gasteiger partial charge in [-0.05, 0) is 12.1 Å². The quantitative estimate of drug-likeness (QED) is 0.374. The molecule has 5 rings (SSSR count). The Morgan fingerprint density at radius 2 is 0.857 bits per heavy atom. The summed E-state index contributed by atoms with van der Waals surface area (Å²) in [6.07, 6.45) is 3.48. The average molecular weight is 364 g/mol. The molecule has 0 N–H and O–H groups in total. The number of aromatic nitrogens is 2. The molecule has 0 aliphatic carbocycles. The summed E-state index contributed by atoms with van der Waals surface area (Å²) in [5.74, 6) is 2.52. The zero-order valence-corrected chi connectivity index (χ0v) is 14.9. The zero-order chi connectivity index (χ0) is 18.8. The number of oxazole rings is 2. The average Bonchev–Trinajstić information content (AvgIpc) is 3.45. The molecule has 0 atom stereocenters. The molecule has 0 saturated carbocycles. The van der Waals surface area contributed by atoms with E-state index in [9.17, 15) is 0 Å². The van der Waals surface area contributed by atoms with E-state index in [1.165, 1.54) is 0 Å². The number of hydrogen-bond donors (Lipinski definition) is 0. The highest BCUT2D eigenvalue weighted by Crippen LogP contribution is 2.34. The number of hydrogen-bond acceptors (Lipinski definition) is 4. The Hall–Kier alpha value is -3.92. The molecule has 2 heterocycles. The van der Waals surface area contributed by atoms with Crippen LogP contribution in [0.1, 0.15) is 0 Å². The Labute approximate surface area is 162 Å². The topological polar surface area (TPSA) is 52.1 Å². The van der Waals surface area contributed by atoms with E-state index in [-0.39, 0.29) is 0 Å². The first kappa shape index (κ1) is 16.3. The minimum absolute atomic E-state index is 0.536. The number of nitrogens with zero attached hydrogens (tertiary/aromatic N) is 2. The molecule has 4 nitrogen and oxygen atoms in total. The van der Waals surface area contributed by atoms with Crippen molar-refractivity contribution in [1.29, 1.82) is 0 Å². The van der Waals surface area contributed by atoms with Gasteiger partial charge >= 0.3 is 0 Å². The minimum Gasteiger partial charge on any atom is -0.436 e. The van der Waals surface area contributed by atoms with Crippen molar-refractivity contribution < 1.29 is 8.83 Å². The zero-order valence-electron chi connectivity index (χ0n) is 14.9. The summed E-state index contributed by atoms with van der Waals surface area (Å²) in [4.78, 5) is 8.96. The highest BCUT2D eigenvalue weighted by atomic mass is 16.4. The van der Waals surface area contributed by atoms with Crippen molar-refractivity contribution >= 4 is 0 Å². The first-order chi connectivity index (χ1) is 13.9. The van der Waals surface area contributed by atoms with E-state index < -0.39 is 0 Å². The largest absolute Gasteiger partial charge is 0.436 e. The van der Waals surface area contributed by atoms with Gasteiger partial charge in [0.25, 0.3) is 0 Å². The summed E-state index contributed by atoms with van der Waals surface area (Å²) in [6, 6.07) is 27.7. The first-order valence-electron chi connectivity index (χ1n) is 9.01. The van der Waals surface area contributed by atoms with Gasteiger partial charge in [-0.1, -0.05) is 72.8 Å². The second-order valence-electron chi connectivity index (χ2n) is 6.34. The first-order valence-corrected chi connectivity index (χ1v) is 9.01. The fourth-order valence-electron chi connectivity index (χ4n) is 3.13. The van der Waals surface area contributed by atoms with E-state index in [0.717, 1.165) is 33.8 Å². The Balaban J connectivity index is 1.54. The van der Waals surface area contributed by atoms with E-state index in [0.29, 0.717) is 11.8 Å². The van der Waals surface area contributed by atoms with Crippen LogP contribution >= 0.6 is 0 Å². The van der Waals surface area contributed by atoms with Crippen LogP contribution in [0.3, 0.4) is 0 Å². The summed E-state index contributed by atoms with van der Waals surface area (Å²) >= 11 is 0. The van der Waals surface area contributed by atoms with Crippen LogP contribution in [0.25, 0.3) is 45.6 Å². The SMILES string of the molecule is c1ccc(-c2cnc(-c3ccccc3-c3ncc(-c4ccccc4)o3)o2)cc1. The van der Waals surface area contributed by atoms with Crippen LogP contribution in [-0.4, -0.2) is 9.97 Å². The van der Waals surface area contributed by atoms with Gasteiger partial charge in [-0.25, -0.2) is 9.97 Å². The van der Waals surface area contributed by atoms with Crippen molar-refractivity contribution in [3.8, 4) is 45.6 Å². The lowest BCUT2D eigenvalue weighted by Crippen LogP contribution is -1.84. The lowest BCUT2D eigenvalue weighted by Gasteiger charge is -2.03. The summed E-state index contributed by atoms with van der Waals surface area (Å²) in [5, 5.41) is 0. The van der Waals surface area contributed by atoms with E-state index in [4.69, 9.17) is 8.83 Å². The molecule has 0 fully saturated rings. The summed E-state index contributed by atoms with van der Waals surface area (Å²) in [6.45, 7) is 0. The van der Waals surface area contributed by atoms with Gasteiger partial charge < -0.3 is 8.83 Å². The second kappa shape index (κ2) is 7.00. The highest BCUT2D eigenvalue weighted by molar-refractivity contribution is 5.77. The van der Waals surface area contributed by atoms with Gasteiger partial charge in [0.05, 0.1) is 12.4 Å². The Morgan fingerprint density at radius 3 is 1.29 bits per heavy atom. The standard InChI is InChI=1S/C24H16N2O2/c1-3-9-17(10-4-1)21-15-25-23(27-21)19-13-7-8-14-20(19)24-26-16-22(28-24)18-11-5-2-6-12-18/h1-16H. The molecule has 134 valence electrons. The molecule has 0 amide bonds. The molecule has 4 heteroatoms. The molecule has 3 aromatic carbocycles. The van der Waals surface area contributed by atoms with Crippen LogP contribution in [0.15, 0.2) is 106 Å². The van der Waals surface area contributed by atoms with Crippen molar-refractivity contribution in [3.05, 3.63) is 97.3 Å². The Morgan fingerprint density at radius 1 is 0.464 bits per heavy atom. The second-order valence-corrected chi connectivity index (χ2v) is 6.34. The van der Waals surface area contributed by atoms with Crippen molar-refractivity contribution in [2.45, 2.75) is 0 Å². The van der Waals surface area contributed by atoms with E-state index in [1.807, 2.05) is 84.9 Å². The van der Waals surface area contributed by atoms with Crippen molar-refractivity contribution in [2.75, 3.05) is 0 Å². The van der Waals surface area contributed by atoms with E-state index in [1.54, 1.807) is 12.4 Å². The fraction of sp³-hybridized carbons (Fsp3) is 0. The fourth-order valence-corrected chi connectivity index (χ4v) is 3.13. The third-order valence-corrected chi connectivity index (χ3v) is 4.52. The van der Waals surface area contributed by atoms with Crippen LogP contribution in [0.2, 0.25) is 0 Å². The van der Waals surface area contributed by atoms with Crippen LogP contribution in [-0.2, 0) is 0 Å². The lowest BCUT2D eigenvalue weighted by molar-refractivity contribution is 0.581. The summed E-state index contributed by atoms with van der Waals surface area (Å²) in [7, 11) is 0. The van der Waals surface area contributed by atoms with Crippen molar-refractivity contribution in [3.63, 3.8) is 0 Å². The maximum absolute atomic E-state index is 6.03. The Bertz CT molecular complexity index is 1110. The molecule has 0 aliphatic rings. The number of benzene rings is 3. The van der Waals surface area contributed by atoms with Gasteiger partial charge in [-0.15, -0.1) is 0 Å². The molecular weight excluding hydrogens is 348 g/mol. The third kappa shape index (κ3) is 3.01. The van der Waals surface area contributed by atoms with Gasteiger partial charge in [-0.2, -0.15) is 0 Å². The van der Waals surface area contributed by atoms with Crippen LogP contribution in [0, 0.1) is 0 Å². The molecule has 0 bridgehead atoms. The van der Waals surface area contributed by atoms with Crippen molar-refractivity contribution in [1.82, 2.24) is 9.97 Å². The lowest BCUT2D eigenvalue weighted by atomic mass is 10.1. The van der Waals surface area contributed by atoms with Crippen LogP contribution in [0.5, 0.6) is 0 Å². The van der Waals surface area contributed by atoms with E-state index >= 15 is 0 Å². The molecular formula is C24H16N2O2. The molecule has 0 saturated heterocycles. The minimum atomic E-state index is 0.536. The smallest absolute Gasteiger partial charge is 0.227 e. The predicted molar refractivity (Wildman–Crippen MR) is 108 cm³/mol. The highest BCUT2D eigenvalue weighted by Gasteiger charge is 2.17. The van der Waals surface area contributed by atoms with Crippen LogP contribution in [0.4, 0.5) is 0 Å². The number of rotatable bonds is 4. The third-order valence-electron chi connectivity index (χ3n) is 4.52. The van der Waals surface area contributed by atoms with Gasteiger partial charge in [0.2, 0.25) is 11.8 Å². The van der Waals surface area contributed by atoms with E-state index in [2.05, 4.69) is 9.97 Å². The molecule has 0 radical (unpaired) electrons. The predicted octanol–water partition coefficient (Wildman–Crippen LogP) is 6.33. The molecule has 0 unspecified atom stereocenters. The normalized spacial score (nSPS) is 10.9. The Kier molecular flexibility index (Phi) is 4.07. The molecule has 2 aromatic heterocycles. The molecule has 5 aromatic rings. The van der Waals surface area contributed by atoms with Gasteiger partial charge in [-0.3, -0.25) is 0 Å². The van der Waals surface area contributed by atoms with Gasteiger partial charge in [0.1, 0.15) is 0 Å². The van der Waals surface area contributed by atoms with Crippen molar-refractivity contribution in [2.24, 2.45) is 0 Å². The van der Waals surface area contributed by atoms with Gasteiger partial charge in [0.15, 0.2) is 11.5 Å².